The van der Waals surface area contributed by atoms with Crippen molar-refractivity contribution in [1.82, 2.24) is 9.59 Å². The molecule has 0 radical (unpaired) electrons. The summed E-state index contributed by atoms with van der Waals surface area (Å²) in [7, 11) is 0. The molecular weight excluding hydrogens is 136 g/mol. The average molecular weight is 142 g/mol. The fourth-order valence-corrected chi connectivity index (χ4v) is 0.905. The van der Waals surface area contributed by atoms with Gasteiger partial charge in [-0.1, -0.05) is 10.6 Å². The summed E-state index contributed by atoms with van der Waals surface area (Å²) in [5.41, 5.74) is 0.565. The van der Waals surface area contributed by atoms with Crippen LogP contribution in [-0.2, 0) is 0 Å². The molecule has 1 aromatic rings. The summed E-state index contributed by atoms with van der Waals surface area (Å²) >= 11 is 1.21. The third-order valence-corrected chi connectivity index (χ3v) is 1.43. The van der Waals surface area contributed by atoms with Gasteiger partial charge in [0, 0.05) is 5.38 Å². The van der Waals surface area contributed by atoms with Gasteiger partial charge >= 0.3 is 0 Å². The average Bonchev–Trinajstić information content (AvgIpc) is 2.37. The van der Waals surface area contributed by atoms with Gasteiger partial charge in [0.2, 0.25) is 0 Å². The highest BCUT2D eigenvalue weighted by molar-refractivity contribution is 7.03. The molecule has 1 heterocycles. The van der Waals surface area contributed by atoms with Crippen LogP contribution in [0.25, 0.3) is 0 Å². The number of hydrogen-bond donors (Lipinski definition) is 1. The summed E-state index contributed by atoms with van der Waals surface area (Å²) < 4.78 is 3.58. The quantitative estimate of drug-likeness (QED) is 0.620. The summed E-state index contributed by atoms with van der Waals surface area (Å²) in [6.07, 6.45) is 0.750. The highest BCUT2D eigenvalue weighted by atomic mass is 32.1. The fourth-order valence-electron chi connectivity index (χ4n) is 0.421. The van der Waals surface area contributed by atoms with Crippen LogP contribution in [0.4, 0.5) is 0 Å². The molecule has 3 nitrogen and oxygen atoms in total. The van der Waals surface area contributed by atoms with E-state index in [2.05, 4.69) is 16.2 Å². The molecule has 1 aromatic heterocycles. The first-order chi connectivity index (χ1) is 4.34. The van der Waals surface area contributed by atoms with E-state index in [1.54, 1.807) is 5.38 Å². The Labute approximate surface area is 56.8 Å². The van der Waals surface area contributed by atoms with Gasteiger partial charge in [-0.25, -0.2) is 0 Å². The van der Waals surface area contributed by atoms with Crippen LogP contribution in [0.3, 0.4) is 0 Å². The summed E-state index contributed by atoms with van der Waals surface area (Å²) in [6.45, 7) is 3.40. The number of nitrogens with zero attached hydrogens (tertiary/aromatic N) is 2. The molecular formula is C5H6N2OS. The molecule has 0 saturated carbocycles. The Morgan fingerprint density at radius 2 is 2.67 bits per heavy atom. The molecule has 0 bridgehead atoms. The third-order valence-electron chi connectivity index (χ3n) is 0.903. The zero-order chi connectivity index (χ0) is 6.69. The van der Waals surface area contributed by atoms with Crippen molar-refractivity contribution < 1.29 is 5.11 Å². The SMILES string of the molecule is C=CC(O)c1csnn1. The second-order valence-corrected chi connectivity index (χ2v) is 2.12. The van der Waals surface area contributed by atoms with Gasteiger partial charge in [0.25, 0.3) is 0 Å². The van der Waals surface area contributed by atoms with Crippen molar-refractivity contribution in [3.8, 4) is 0 Å². The zero-order valence-corrected chi connectivity index (χ0v) is 5.51. The Balaban J connectivity index is 2.76. The molecule has 1 unspecified atom stereocenters. The van der Waals surface area contributed by atoms with Crippen LogP contribution in [0.2, 0.25) is 0 Å². The Hall–Kier alpha value is -0.740. The van der Waals surface area contributed by atoms with E-state index in [9.17, 15) is 0 Å². The maximum atomic E-state index is 9.00. The van der Waals surface area contributed by atoms with Gasteiger partial charge in [-0.15, -0.1) is 11.7 Å². The van der Waals surface area contributed by atoms with Gasteiger partial charge in [-0.3, -0.25) is 0 Å². The Kier molecular flexibility index (Phi) is 1.92. The van der Waals surface area contributed by atoms with Crippen LogP contribution in [0.1, 0.15) is 11.8 Å². The Morgan fingerprint density at radius 1 is 1.89 bits per heavy atom. The van der Waals surface area contributed by atoms with Crippen molar-refractivity contribution in [2.45, 2.75) is 6.10 Å². The second-order valence-electron chi connectivity index (χ2n) is 1.51. The van der Waals surface area contributed by atoms with E-state index in [4.69, 9.17) is 5.11 Å². The normalized spacial score (nSPS) is 13.0. The minimum atomic E-state index is -0.663. The summed E-state index contributed by atoms with van der Waals surface area (Å²) in [5.74, 6) is 0. The largest absolute Gasteiger partial charge is 0.383 e. The molecule has 0 fully saturated rings. The van der Waals surface area contributed by atoms with Crippen LogP contribution < -0.4 is 0 Å². The van der Waals surface area contributed by atoms with Crippen molar-refractivity contribution in [3.05, 3.63) is 23.7 Å². The van der Waals surface area contributed by atoms with Crippen molar-refractivity contribution in [3.63, 3.8) is 0 Å². The lowest BCUT2D eigenvalue weighted by Crippen LogP contribution is -1.91. The molecule has 1 atom stereocenters. The lowest BCUT2D eigenvalue weighted by molar-refractivity contribution is 0.224. The summed E-state index contributed by atoms with van der Waals surface area (Å²) in [5, 5.41) is 14.3. The number of hydrogen-bond acceptors (Lipinski definition) is 4. The van der Waals surface area contributed by atoms with Gasteiger partial charge in [-0.05, 0) is 11.5 Å². The molecule has 1 N–H and O–H groups in total. The predicted molar refractivity (Wildman–Crippen MR) is 35.1 cm³/mol. The van der Waals surface area contributed by atoms with E-state index in [0.717, 1.165) is 0 Å². The lowest BCUT2D eigenvalue weighted by Gasteiger charge is -1.95. The van der Waals surface area contributed by atoms with Gasteiger partial charge in [-0.2, -0.15) is 0 Å². The van der Waals surface area contributed by atoms with Gasteiger partial charge in [0.15, 0.2) is 0 Å². The van der Waals surface area contributed by atoms with Crippen LogP contribution in [0, 0.1) is 0 Å². The van der Waals surface area contributed by atoms with Crippen molar-refractivity contribution in [2.24, 2.45) is 0 Å². The monoisotopic (exact) mass is 142 g/mol. The Bertz CT molecular complexity index is 185. The molecule has 0 aliphatic rings. The van der Waals surface area contributed by atoms with Crippen LogP contribution in [-0.4, -0.2) is 14.7 Å². The van der Waals surface area contributed by atoms with E-state index in [1.807, 2.05) is 0 Å². The van der Waals surface area contributed by atoms with E-state index in [-0.39, 0.29) is 0 Å². The molecule has 1 rings (SSSR count). The summed E-state index contributed by atoms with van der Waals surface area (Å²) in [6, 6.07) is 0. The molecule has 0 amide bonds. The fraction of sp³-hybridized carbons (Fsp3) is 0.200. The highest BCUT2D eigenvalue weighted by Gasteiger charge is 2.03. The topological polar surface area (TPSA) is 46.0 Å². The van der Waals surface area contributed by atoms with Crippen molar-refractivity contribution >= 4 is 11.5 Å². The van der Waals surface area contributed by atoms with Gasteiger partial charge in [0.1, 0.15) is 11.8 Å². The number of rotatable bonds is 2. The Morgan fingerprint density at radius 3 is 3.11 bits per heavy atom. The molecule has 0 aromatic carbocycles. The zero-order valence-electron chi connectivity index (χ0n) is 4.69. The number of aliphatic hydroxyl groups is 1. The second kappa shape index (κ2) is 2.70. The van der Waals surface area contributed by atoms with Gasteiger partial charge in [0.05, 0.1) is 0 Å². The van der Waals surface area contributed by atoms with Crippen LogP contribution in [0.5, 0.6) is 0 Å². The highest BCUT2D eigenvalue weighted by Crippen LogP contribution is 2.09. The predicted octanol–water partition coefficient (Wildman–Crippen LogP) is 0.757. The first kappa shape index (κ1) is 6.38. The van der Waals surface area contributed by atoms with Crippen LogP contribution >= 0.6 is 11.5 Å². The van der Waals surface area contributed by atoms with Crippen molar-refractivity contribution in [2.75, 3.05) is 0 Å². The van der Waals surface area contributed by atoms with Crippen LogP contribution in [0.15, 0.2) is 18.0 Å². The maximum Gasteiger partial charge on any atom is 0.117 e. The van der Waals surface area contributed by atoms with Crippen molar-refractivity contribution in [1.29, 1.82) is 0 Å². The molecule has 4 heteroatoms. The molecule has 0 aliphatic carbocycles. The standard InChI is InChI=1S/C5H6N2OS/c1-2-5(8)4-3-9-7-6-4/h2-3,5,8H,1H2. The smallest absolute Gasteiger partial charge is 0.117 e. The first-order valence-electron chi connectivity index (χ1n) is 2.42. The van der Waals surface area contributed by atoms with E-state index in [0.29, 0.717) is 5.69 Å². The molecule has 0 aliphatic heterocycles. The third kappa shape index (κ3) is 1.34. The number of aromatic nitrogens is 2. The van der Waals surface area contributed by atoms with E-state index >= 15 is 0 Å². The minimum absolute atomic E-state index is 0.565. The molecule has 9 heavy (non-hydrogen) atoms. The first-order valence-corrected chi connectivity index (χ1v) is 3.26. The molecule has 48 valence electrons. The lowest BCUT2D eigenvalue weighted by atomic mass is 10.3. The maximum absolute atomic E-state index is 9.00. The van der Waals surface area contributed by atoms with E-state index in [1.165, 1.54) is 17.6 Å². The van der Waals surface area contributed by atoms with Gasteiger partial charge < -0.3 is 5.11 Å². The van der Waals surface area contributed by atoms with E-state index < -0.39 is 6.10 Å². The minimum Gasteiger partial charge on any atom is -0.383 e. The molecule has 0 spiro atoms. The molecule has 0 saturated heterocycles. The summed E-state index contributed by atoms with van der Waals surface area (Å²) in [4.78, 5) is 0. The number of aliphatic hydroxyl groups excluding tert-OH is 1.